The van der Waals surface area contributed by atoms with Crippen molar-refractivity contribution in [1.82, 2.24) is 5.32 Å². The number of thiophene rings is 1. The maximum absolute atomic E-state index is 12.1. The SMILES string of the molecule is COC(=O)CCCCNC(=O)c1ccc(NS(=O)(=O)c2cccs2)cc1. The van der Waals surface area contributed by atoms with E-state index in [-0.39, 0.29) is 16.1 Å². The van der Waals surface area contributed by atoms with Crippen LogP contribution in [0.15, 0.2) is 46.0 Å². The molecule has 0 unspecified atom stereocenters. The highest BCUT2D eigenvalue weighted by Gasteiger charge is 2.15. The molecule has 26 heavy (non-hydrogen) atoms. The molecule has 7 nitrogen and oxygen atoms in total. The molecule has 0 fully saturated rings. The lowest BCUT2D eigenvalue weighted by molar-refractivity contribution is -0.140. The van der Waals surface area contributed by atoms with Crippen molar-refractivity contribution in [1.29, 1.82) is 0 Å². The van der Waals surface area contributed by atoms with Gasteiger partial charge in [0.15, 0.2) is 0 Å². The van der Waals surface area contributed by atoms with Crippen molar-refractivity contribution in [3.8, 4) is 0 Å². The number of unbranched alkanes of at least 4 members (excludes halogenated alkanes) is 1. The Balaban J connectivity index is 1.83. The molecule has 2 N–H and O–H groups in total. The summed E-state index contributed by atoms with van der Waals surface area (Å²) in [5.41, 5.74) is 0.810. The molecule has 1 heterocycles. The van der Waals surface area contributed by atoms with Crippen molar-refractivity contribution in [2.75, 3.05) is 18.4 Å². The van der Waals surface area contributed by atoms with Gasteiger partial charge in [0, 0.05) is 24.2 Å². The van der Waals surface area contributed by atoms with Crippen molar-refractivity contribution in [2.45, 2.75) is 23.5 Å². The Morgan fingerprint density at radius 2 is 1.85 bits per heavy atom. The van der Waals surface area contributed by atoms with E-state index >= 15 is 0 Å². The lowest BCUT2D eigenvalue weighted by atomic mass is 10.2. The fourth-order valence-corrected chi connectivity index (χ4v) is 4.16. The molecule has 0 atom stereocenters. The predicted octanol–water partition coefficient (Wildman–Crippen LogP) is 2.62. The smallest absolute Gasteiger partial charge is 0.305 e. The van der Waals surface area contributed by atoms with E-state index in [9.17, 15) is 18.0 Å². The van der Waals surface area contributed by atoms with Crippen LogP contribution in [0.1, 0.15) is 29.6 Å². The number of ether oxygens (including phenoxy) is 1. The average Bonchev–Trinajstić information content (AvgIpc) is 3.17. The van der Waals surface area contributed by atoms with Gasteiger partial charge in [0.2, 0.25) is 0 Å². The minimum Gasteiger partial charge on any atom is -0.469 e. The zero-order valence-electron chi connectivity index (χ0n) is 14.2. The molecule has 140 valence electrons. The van der Waals surface area contributed by atoms with Crippen LogP contribution in [0.5, 0.6) is 0 Å². The first kappa shape index (κ1) is 19.9. The van der Waals surface area contributed by atoms with Gasteiger partial charge < -0.3 is 10.1 Å². The number of carbonyl (C=O) groups is 2. The van der Waals surface area contributed by atoms with Crippen molar-refractivity contribution in [2.24, 2.45) is 0 Å². The predicted molar refractivity (Wildman–Crippen MR) is 99.8 cm³/mol. The maximum Gasteiger partial charge on any atom is 0.305 e. The first-order valence-electron chi connectivity index (χ1n) is 7.94. The Morgan fingerprint density at radius 3 is 2.46 bits per heavy atom. The van der Waals surface area contributed by atoms with E-state index in [0.717, 1.165) is 11.3 Å². The van der Waals surface area contributed by atoms with E-state index in [1.165, 1.54) is 25.3 Å². The number of rotatable bonds is 9. The van der Waals surface area contributed by atoms with Gasteiger partial charge in [-0.2, -0.15) is 0 Å². The number of nitrogens with one attached hydrogen (secondary N) is 2. The van der Waals surface area contributed by atoms with Crippen molar-refractivity contribution < 1.29 is 22.7 Å². The van der Waals surface area contributed by atoms with Crippen LogP contribution in [0.4, 0.5) is 5.69 Å². The third-order valence-corrected chi connectivity index (χ3v) is 6.26. The van der Waals surface area contributed by atoms with Crippen LogP contribution in [0.2, 0.25) is 0 Å². The first-order chi connectivity index (χ1) is 12.4. The number of sulfonamides is 1. The van der Waals surface area contributed by atoms with Gasteiger partial charge in [-0.25, -0.2) is 8.42 Å². The molecule has 0 aliphatic carbocycles. The summed E-state index contributed by atoms with van der Waals surface area (Å²) in [6, 6.07) is 9.37. The number of anilines is 1. The quantitative estimate of drug-likeness (QED) is 0.501. The monoisotopic (exact) mass is 396 g/mol. The second-order valence-electron chi connectivity index (χ2n) is 5.40. The molecule has 2 rings (SSSR count). The third kappa shape index (κ3) is 5.85. The normalized spacial score (nSPS) is 11.0. The van der Waals surface area contributed by atoms with Crippen LogP contribution in [0.3, 0.4) is 0 Å². The zero-order valence-corrected chi connectivity index (χ0v) is 15.9. The summed E-state index contributed by atoms with van der Waals surface area (Å²) in [4.78, 5) is 23.0. The van der Waals surface area contributed by atoms with E-state index in [4.69, 9.17) is 0 Å². The van der Waals surface area contributed by atoms with E-state index in [1.807, 2.05) is 0 Å². The molecule has 1 aromatic heterocycles. The number of esters is 1. The Bertz CT molecular complexity index is 831. The van der Waals surface area contributed by atoms with Crippen LogP contribution >= 0.6 is 11.3 Å². The number of benzene rings is 1. The van der Waals surface area contributed by atoms with Gasteiger partial charge >= 0.3 is 5.97 Å². The van der Waals surface area contributed by atoms with Crippen LogP contribution in [0.25, 0.3) is 0 Å². The van der Waals surface area contributed by atoms with Gasteiger partial charge in [-0.1, -0.05) is 6.07 Å². The lowest BCUT2D eigenvalue weighted by Gasteiger charge is -2.08. The molecule has 0 saturated carbocycles. The van der Waals surface area contributed by atoms with Gasteiger partial charge in [-0.15, -0.1) is 11.3 Å². The van der Waals surface area contributed by atoms with Crippen LogP contribution in [-0.2, 0) is 19.6 Å². The lowest BCUT2D eigenvalue weighted by Crippen LogP contribution is -2.24. The Labute approximate surface area is 156 Å². The fourth-order valence-electron chi connectivity index (χ4n) is 2.11. The number of hydrogen-bond acceptors (Lipinski definition) is 6. The Morgan fingerprint density at radius 1 is 1.12 bits per heavy atom. The molecule has 2 aromatic rings. The Kier molecular flexibility index (Phi) is 7.16. The summed E-state index contributed by atoms with van der Waals surface area (Å²) in [7, 11) is -2.26. The van der Waals surface area contributed by atoms with Gasteiger partial charge in [0.25, 0.3) is 15.9 Å². The molecular formula is C17H20N2O5S2. The van der Waals surface area contributed by atoms with Crippen molar-refractivity contribution in [3.05, 3.63) is 47.3 Å². The van der Waals surface area contributed by atoms with Gasteiger partial charge in [0.1, 0.15) is 4.21 Å². The van der Waals surface area contributed by atoms with Gasteiger partial charge in [-0.05, 0) is 48.6 Å². The van der Waals surface area contributed by atoms with Gasteiger partial charge in [0.05, 0.1) is 7.11 Å². The second kappa shape index (κ2) is 9.35. The molecule has 0 aliphatic rings. The molecule has 9 heteroatoms. The highest BCUT2D eigenvalue weighted by atomic mass is 32.2. The highest BCUT2D eigenvalue weighted by Crippen LogP contribution is 2.20. The number of amides is 1. The summed E-state index contributed by atoms with van der Waals surface area (Å²) < 4.78 is 31.5. The average molecular weight is 396 g/mol. The topological polar surface area (TPSA) is 102 Å². The molecular weight excluding hydrogens is 376 g/mol. The second-order valence-corrected chi connectivity index (χ2v) is 8.26. The fraction of sp³-hybridized carbons (Fsp3) is 0.294. The number of methoxy groups -OCH3 is 1. The largest absolute Gasteiger partial charge is 0.469 e. The van der Waals surface area contributed by atoms with Gasteiger partial charge in [-0.3, -0.25) is 14.3 Å². The van der Waals surface area contributed by atoms with Crippen LogP contribution in [0, 0.1) is 0 Å². The molecule has 0 spiro atoms. The summed E-state index contributed by atoms with van der Waals surface area (Å²) >= 11 is 1.13. The minimum absolute atomic E-state index is 0.228. The van der Waals surface area contributed by atoms with E-state index in [2.05, 4.69) is 14.8 Å². The Hall–Kier alpha value is -2.39. The third-order valence-electron chi connectivity index (χ3n) is 3.48. The van der Waals surface area contributed by atoms with Crippen LogP contribution < -0.4 is 10.0 Å². The minimum atomic E-state index is -3.60. The zero-order chi connectivity index (χ0) is 19.0. The molecule has 0 saturated heterocycles. The molecule has 1 amide bonds. The number of carbonyl (C=O) groups excluding carboxylic acids is 2. The molecule has 0 aliphatic heterocycles. The summed E-state index contributed by atoms with van der Waals surface area (Å²) in [5.74, 6) is -0.521. The highest BCUT2D eigenvalue weighted by molar-refractivity contribution is 7.94. The van der Waals surface area contributed by atoms with Crippen LogP contribution in [-0.4, -0.2) is 33.9 Å². The standard InChI is InChI=1S/C17H20N2O5S2/c1-24-15(20)5-2-3-11-18-17(21)13-7-9-14(10-8-13)19-26(22,23)16-6-4-12-25-16/h4,6-10,12,19H,2-3,5,11H2,1H3,(H,18,21). The molecule has 0 bridgehead atoms. The van der Waals surface area contributed by atoms with E-state index < -0.39 is 10.0 Å². The van der Waals surface area contributed by atoms with E-state index in [0.29, 0.717) is 37.1 Å². The van der Waals surface area contributed by atoms with Crippen molar-refractivity contribution in [3.63, 3.8) is 0 Å². The molecule has 1 aromatic carbocycles. The molecule has 0 radical (unpaired) electrons. The summed E-state index contributed by atoms with van der Waals surface area (Å²) in [5, 5.41) is 4.44. The summed E-state index contributed by atoms with van der Waals surface area (Å²) in [6.45, 7) is 0.447. The maximum atomic E-state index is 12.1. The summed E-state index contributed by atoms with van der Waals surface area (Å²) in [6.07, 6.45) is 1.63. The number of hydrogen-bond donors (Lipinski definition) is 2. The van der Waals surface area contributed by atoms with Crippen molar-refractivity contribution >= 4 is 38.9 Å². The first-order valence-corrected chi connectivity index (χ1v) is 10.3. The van der Waals surface area contributed by atoms with E-state index in [1.54, 1.807) is 23.6 Å².